The molecule has 2 rings (SSSR count). The monoisotopic (exact) mass is 349 g/mol. The molecule has 0 fully saturated rings. The van der Waals surface area contributed by atoms with Crippen molar-refractivity contribution in [3.05, 3.63) is 53.1 Å². The van der Waals surface area contributed by atoms with Crippen LogP contribution in [0.2, 0.25) is 0 Å². The molecule has 0 aliphatic carbocycles. The maximum Gasteiger partial charge on any atom is 0.223 e. The fourth-order valence-corrected chi connectivity index (χ4v) is 3.23. The molecule has 0 aliphatic rings. The van der Waals surface area contributed by atoms with Crippen LogP contribution in [0.15, 0.2) is 30.3 Å². The normalized spacial score (nSPS) is 10.8. The molecule has 0 unspecified atom stereocenters. The first-order chi connectivity index (χ1) is 11.6. The van der Waals surface area contributed by atoms with E-state index >= 15 is 0 Å². The lowest BCUT2D eigenvalue weighted by atomic mass is 10.2. The minimum atomic E-state index is -0.221. The van der Waals surface area contributed by atoms with Crippen LogP contribution < -0.4 is 0 Å². The summed E-state index contributed by atoms with van der Waals surface area (Å²) >= 11 is 1.68. The van der Waals surface area contributed by atoms with Gasteiger partial charge in [0.1, 0.15) is 5.82 Å². The largest absolute Gasteiger partial charge is 0.340 e. The Morgan fingerprint density at radius 3 is 2.79 bits per heavy atom. The summed E-state index contributed by atoms with van der Waals surface area (Å²) in [5.74, 6) is 1.44. The van der Waals surface area contributed by atoms with Crippen molar-refractivity contribution >= 4 is 17.7 Å². The molecule has 4 nitrogen and oxygen atoms in total. The summed E-state index contributed by atoms with van der Waals surface area (Å²) < 4.78 is 12.8. The van der Waals surface area contributed by atoms with E-state index in [0.29, 0.717) is 13.0 Å². The lowest BCUT2D eigenvalue weighted by Crippen LogP contribution is -2.26. The maximum atomic E-state index is 12.8. The smallest absolute Gasteiger partial charge is 0.223 e. The number of rotatable bonds is 9. The van der Waals surface area contributed by atoms with Gasteiger partial charge in [-0.15, -0.1) is 0 Å². The molecule has 1 heterocycles. The Hall–Kier alpha value is -1.82. The second-order valence-corrected chi connectivity index (χ2v) is 6.92. The highest BCUT2D eigenvalue weighted by Crippen LogP contribution is 2.14. The Kier molecular flexibility index (Phi) is 7.31. The molecule has 1 aromatic heterocycles. The number of nitrogens with zero attached hydrogens (tertiary/aromatic N) is 2. The summed E-state index contributed by atoms with van der Waals surface area (Å²) in [5.41, 5.74) is 3.08. The zero-order valence-corrected chi connectivity index (χ0v) is 15.0. The summed E-state index contributed by atoms with van der Waals surface area (Å²) in [6.07, 6.45) is 2.51. The second-order valence-electron chi connectivity index (χ2n) is 5.81. The molecular formula is C18H24FN3OS. The number of carbonyl (C=O) groups excluding carboxylic acids is 1. The predicted molar refractivity (Wildman–Crippen MR) is 96.2 cm³/mol. The number of thioether (sulfide) groups is 1. The molecule has 0 saturated carbocycles. The SMILES string of the molecule is CCCc1cc(CN(C)C(=O)CCSCc2ccc(F)cc2)[nH]n1. The summed E-state index contributed by atoms with van der Waals surface area (Å²) in [4.78, 5) is 13.9. The van der Waals surface area contributed by atoms with E-state index < -0.39 is 0 Å². The summed E-state index contributed by atoms with van der Waals surface area (Å²) in [7, 11) is 1.81. The van der Waals surface area contributed by atoms with Gasteiger partial charge in [-0.1, -0.05) is 25.5 Å². The first-order valence-corrected chi connectivity index (χ1v) is 9.33. The van der Waals surface area contributed by atoms with Crippen LogP contribution in [-0.2, 0) is 23.5 Å². The number of amides is 1. The van der Waals surface area contributed by atoms with E-state index in [1.54, 1.807) is 28.8 Å². The predicted octanol–water partition coefficient (Wildman–Crippen LogP) is 3.78. The molecule has 1 amide bonds. The van der Waals surface area contributed by atoms with Gasteiger partial charge < -0.3 is 4.90 Å². The molecule has 0 aliphatic heterocycles. The second kappa shape index (κ2) is 9.47. The van der Waals surface area contributed by atoms with Gasteiger partial charge in [-0.2, -0.15) is 16.9 Å². The van der Waals surface area contributed by atoms with Crippen LogP contribution in [0.1, 0.15) is 36.7 Å². The number of halogens is 1. The van der Waals surface area contributed by atoms with Crippen LogP contribution in [-0.4, -0.2) is 33.8 Å². The number of carbonyl (C=O) groups is 1. The Labute approximate surface area is 146 Å². The van der Waals surface area contributed by atoms with Gasteiger partial charge in [0.15, 0.2) is 0 Å². The lowest BCUT2D eigenvalue weighted by Gasteiger charge is -2.15. The van der Waals surface area contributed by atoms with Gasteiger partial charge in [0.25, 0.3) is 0 Å². The van der Waals surface area contributed by atoms with Gasteiger partial charge >= 0.3 is 0 Å². The summed E-state index contributed by atoms with van der Waals surface area (Å²) in [6.45, 7) is 2.67. The minimum Gasteiger partial charge on any atom is -0.340 e. The van der Waals surface area contributed by atoms with Crippen molar-refractivity contribution in [2.45, 2.75) is 38.5 Å². The molecule has 24 heavy (non-hydrogen) atoms. The third-order valence-electron chi connectivity index (χ3n) is 3.67. The van der Waals surface area contributed by atoms with Crippen molar-refractivity contribution in [3.8, 4) is 0 Å². The van der Waals surface area contributed by atoms with E-state index in [1.807, 2.05) is 13.1 Å². The molecule has 0 spiro atoms. The number of benzene rings is 1. The molecular weight excluding hydrogens is 325 g/mol. The van der Waals surface area contributed by atoms with Crippen molar-refractivity contribution < 1.29 is 9.18 Å². The number of hydrogen-bond acceptors (Lipinski definition) is 3. The molecule has 0 saturated heterocycles. The highest BCUT2D eigenvalue weighted by molar-refractivity contribution is 7.98. The van der Waals surface area contributed by atoms with E-state index in [2.05, 4.69) is 17.1 Å². The zero-order chi connectivity index (χ0) is 17.4. The number of hydrogen-bond donors (Lipinski definition) is 1. The number of aryl methyl sites for hydroxylation is 1. The maximum absolute atomic E-state index is 12.8. The average Bonchev–Trinajstić information content (AvgIpc) is 3.00. The standard InChI is InChI=1S/C18H24FN3OS/c1-3-4-16-11-17(21-20-16)12-22(2)18(23)9-10-24-13-14-5-7-15(19)8-6-14/h5-8,11H,3-4,9-10,12-13H2,1-2H3,(H,20,21). The van der Waals surface area contributed by atoms with E-state index in [0.717, 1.165) is 41.3 Å². The highest BCUT2D eigenvalue weighted by Gasteiger charge is 2.11. The zero-order valence-electron chi connectivity index (χ0n) is 14.2. The number of aromatic nitrogens is 2. The number of H-pyrrole nitrogens is 1. The molecule has 0 radical (unpaired) electrons. The average molecular weight is 349 g/mol. The van der Waals surface area contributed by atoms with Gasteiger partial charge in [-0.25, -0.2) is 4.39 Å². The van der Waals surface area contributed by atoms with Crippen molar-refractivity contribution in [3.63, 3.8) is 0 Å². The van der Waals surface area contributed by atoms with Gasteiger partial charge in [0, 0.05) is 25.0 Å². The quantitative estimate of drug-likeness (QED) is 0.701. The molecule has 2 aromatic rings. The Balaban J connectivity index is 1.68. The molecule has 130 valence electrons. The first-order valence-electron chi connectivity index (χ1n) is 8.17. The Morgan fingerprint density at radius 1 is 1.33 bits per heavy atom. The minimum absolute atomic E-state index is 0.119. The summed E-state index contributed by atoms with van der Waals surface area (Å²) in [6, 6.07) is 8.51. The fraction of sp³-hybridized carbons (Fsp3) is 0.444. The van der Waals surface area contributed by atoms with Crippen LogP contribution in [0.25, 0.3) is 0 Å². The molecule has 0 bridgehead atoms. The topological polar surface area (TPSA) is 49.0 Å². The third-order valence-corrected chi connectivity index (χ3v) is 4.70. The molecule has 0 atom stereocenters. The highest BCUT2D eigenvalue weighted by atomic mass is 32.2. The van der Waals surface area contributed by atoms with Crippen LogP contribution in [0.3, 0.4) is 0 Å². The van der Waals surface area contributed by atoms with Crippen molar-refractivity contribution in [1.29, 1.82) is 0 Å². The van der Waals surface area contributed by atoms with E-state index in [9.17, 15) is 9.18 Å². The molecule has 6 heteroatoms. The molecule has 1 aromatic carbocycles. The van der Waals surface area contributed by atoms with Gasteiger partial charge in [-0.05, 0) is 30.2 Å². The number of aromatic amines is 1. The van der Waals surface area contributed by atoms with Crippen LogP contribution in [0, 0.1) is 5.82 Å². The van der Waals surface area contributed by atoms with Crippen molar-refractivity contribution in [2.75, 3.05) is 12.8 Å². The van der Waals surface area contributed by atoms with Crippen LogP contribution in [0.4, 0.5) is 4.39 Å². The van der Waals surface area contributed by atoms with E-state index in [-0.39, 0.29) is 11.7 Å². The van der Waals surface area contributed by atoms with Gasteiger partial charge in [-0.3, -0.25) is 9.89 Å². The number of nitrogens with one attached hydrogen (secondary N) is 1. The van der Waals surface area contributed by atoms with Crippen LogP contribution >= 0.6 is 11.8 Å². The Morgan fingerprint density at radius 2 is 2.08 bits per heavy atom. The van der Waals surface area contributed by atoms with Gasteiger partial charge in [0.2, 0.25) is 5.91 Å². The van der Waals surface area contributed by atoms with E-state index in [4.69, 9.17) is 0 Å². The first kappa shape index (κ1) is 18.5. The molecule has 1 N–H and O–H groups in total. The summed E-state index contributed by atoms with van der Waals surface area (Å²) in [5, 5.41) is 7.23. The van der Waals surface area contributed by atoms with Gasteiger partial charge in [0.05, 0.1) is 17.9 Å². The Bertz CT molecular complexity index is 642. The lowest BCUT2D eigenvalue weighted by molar-refractivity contribution is -0.130. The fourth-order valence-electron chi connectivity index (χ4n) is 2.34. The van der Waals surface area contributed by atoms with Crippen LogP contribution in [0.5, 0.6) is 0 Å². The van der Waals surface area contributed by atoms with E-state index in [1.165, 1.54) is 12.1 Å². The van der Waals surface area contributed by atoms with Crippen molar-refractivity contribution in [2.24, 2.45) is 0 Å². The third kappa shape index (κ3) is 6.00. The van der Waals surface area contributed by atoms with Crippen molar-refractivity contribution in [1.82, 2.24) is 15.1 Å².